The molecule has 0 spiro atoms. The fourth-order valence-corrected chi connectivity index (χ4v) is 3.06. The lowest BCUT2D eigenvalue weighted by Crippen LogP contribution is -2.31. The highest BCUT2D eigenvalue weighted by atomic mass is 19.1. The maximum absolute atomic E-state index is 13.9. The highest BCUT2D eigenvalue weighted by Crippen LogP contribution is 2.35. The van der Waals surface area contributed by atoms with Gasteiger partial charge in [-0.25, -0.2) is 4.39 Å². The lowest BCUT2D eigenvalue weighted by Gasteiger charge is -2.32. The Morgan fingerprint density at radius 1 is 1.45 bits per heavy atom. The smallest absolute Gasteiger partial charge is 0.126 e. The molecular formula is C16H20FN3. The van der Waals surface area contributed by atoms with E-state index >= 15 is 0 Å². The highest BCUT2D eigenvalue weighted by molar-refractivity contribution is 5.34. The molecule has 0 radical (unpaired) electrons. The van der Waals surface area contributed by atoms with E-state index in [4.69, 9.17) is 0 Å². The van der Waals surface area contributed by atoms with Gasteiger partial charge in [0.1, 0.15) is 5.82 Å². The van der Waals surface area contributed by atoms with Crippen molar-refractivity contribution in [3.63, 3.8) is 0 Å². The zero-order valence-corrected chi connectivity index (χ0v) is 11.9. The monoisotopic (exact) mass is 273 g/mol. The Morgan fingerprint density at radius 2 is 2.30 bits per heavy atom. The molecule has 0 unspecified atom stereocenters. The number of hydrogen-bond donors (Lipinski definition) is 2. The third-order valence-electron chi connectivity index (χ3n) is 4.36. The molecule has 0 saturated heterocycles. The normalized spacial score (nSPS) is 21.8. The van der Waals surface area contributed by atoms with Crippen LogP contribution in [-0.4, -0.2) is 10.2 Å². The van der Waals surface area contributed by atoms with Crippen LogP contribution in [0.3, 0.4) is 0 Å². The van der Waals surface area contributed by atoms with Crippen molar-refractivity contribution in [2.24, 2.45) is 5.92 Å². The molecule has 1 aliphatic rings. The van der Waals surface area contributed by atoms with Gasteiger partial charge in [-0.05, 0) is 42.9 Å². The minimum atomic E-state index is -0.0688. The van der Waals surface area contributed by atoms with Gasteiger partial charge in [-0.2, -0.15) is 5.10 Å². The molecule has 2 N–H and O–H groups in total. The summed E-state index contributed by atoms with van der Waals surface area (Å²) in [6, 6.07) is 5.63. The molecule has 0 fully saturated rings. The number of fused-ring (bicyclic) bond motifs is 1. The Morgan fingerprint density at radius 3 is 3.05 bits per heavy atom. The first-order valence-electron chi connectivity index (χ1n) is 7.16. The topological polar surface area (TPSA) is 40.7 Å². The predicted molar refractivity (Wildman–Crippen MR) is 76.8 cm³/mol. The summed E-state index contributed by atoms with van der Waals surface area (Å²) in [4.78, 5) is 0. The second-order valence-corrected chi connectivity index (χ2v) is 5.70. The van der Waals surface area contributed by atoms with Crippen LogP contribution in [0.15, 0.2) is 24.4 Å². The lowest BCUT2D eigenvalue weighted by atomic mass is 9.80. The second kappa shape index (κ2) is 5.37. The molecule has 0 saturated carbocycles. The van der Waals surface area contributed by atoms with Gasteiger partial charge in [0.05, 0.1) is 6.20 Å². The summed E-state index contributed by atoms with van der Waals surface area (Å²) >= 11 is 0. The number of nitrogens with zero attached hydrogens (tertiary/aromatic N) is 1. The number of rotatable bonds is 3. The van der Waals surface area contributed by atoms with E-state index in [1.807, 2.05) is 25.3 Å². The van der Waals surface area contributed by atoms with Crippen LogP contribution in [0, 0.1) is 18.7 Å². The zero-order chi connectivity index (χ0) is 14.1. The molecule has 3 rings (SSSR count). The predicted octanol–water partition coefficient (Wildman–Crippen LogP) is 3.27. The van der Waals surface area contributed by atoms with E-state index in [-0.39, 0.29) is 11.9 Å². The standard InChI is InChI=1S/C16H20FN3/c1-10-6-7-13-14(4-3-5-15(13)17)16(10)18-8-12-9-19-20-11(12)2/h3-5,9-10,16,18H,6-8H2,1-2H3,(H,19,20)/t10-,16+/m0/s1. The van der Waals surface area contributed by atoms with Crippen LogP contribution >= 0.6 is 0 Å². The molecule has 106 valence electrons. The number of aromatic nitrogens is 2. The van der Waals surface area contributed by atoms with Crippen LogP contribution in [0.5, 0.6) is 0 Å². The molecule has 20 heavy (non-hydrogen) atoms. The zero-order valence-electron chi connectivity index (χ0n) is 11.9. The van der Waals surface area contributed by atoms with Gasteiger partial charge in [-0.3, -0.25) is 5.10 Å². The summed E-state index contributed by atoms with van der Waals surface area (Å²) in [5, 5.41) is 10.6. The van der Waals surface area contributed by atoms with Gasteiger partial charge in [0, 0.05) is 23.8 Å². The molecule has 1 heterocycles. The van der Waals surface area contributed by atoms with Crippen molar-refractivity contribution in [2.75, 3.05) is 0 Å². The Balaban J connectivity index is 1.83. The molecular weight excluding hydrogens is 253 g/mol. The first-order valence-corrected chi connectivity index (χ1v) is 7.16. The maximum atomic E-state index is 13.9. The number of nitrogens with one attached hydrogen (secondary N) is 2. The van der Waals surface area contributed by atoms with Gasteiger partial charge in [0.25, 0.3) is 0 Å². The number of hydrogen-bond acceptors (Lipinski definition) is 2. The molecule has 1 aromatic heterocycles. The van der Waals surface area contributed by atoms with Crippen LogP contribution in [0.25, 0.3) is 0 Å². The van der Waals surface area contributed by atoms with E-state index in [0.717, 1.165) is 36.2 Å². The van der Waals surface area contributed by atoms with Crippen LogP contribution in [-0.2, 0) is 13.0 Å². The van der Waals surface area contributed by atoms with Crippen molar-refractivity contribution >= 4 is 0 Å². The van der Waals surface area contributed by atoms with Gasteiger partial charge >= 0.3 is 0 Å². The van der Waals surface area contributed by atoms with Crippen LogP contribution in [0.1, 0.15) is 41.8 Å². The van der Waals surface area contributed by atoms with E-state index in [2.05, 4.69) is 22.4 Å². The van der Waals surface area contributed by atoms with E-state index in [9.17, 15) is 4.39 Å². The number of aromatic amines is 1. The Labute approximate surface area is 118 Å². The van der Waals surface area contributed by atoms with Crippen LogP contribution < -0.4 is 5.32 Å². The summed E-state index contributed by atoms with van der Waals surface area (Å²) in [5.41, 5.74) is 4.25. The summed E-state index contributed by atoms with van der Waals surface area (Å²) in [5.74, 6) is 0.442. The molecule has 4 heteroatoms. The summed E-state index contributed by atoms with van der Waals surface area (Å²) < 4.78 is 13.9. The number of benzene rings is 1. The van der Waals surface area contributed by atoms with E-state index in [1.54, 1.807) is 6.07 Å². The van der Waals surface area contributed by atoms with E-state index in [0.29, 0.717) is 5.92 Å². The molecule has 2 atom stereocenters. The van der Waals surface area contributed by atoms with Crippen molar-refractivity contribution < 1.29 is 4.39 Å². The van der Waals surface area contributed by atoms with Crippen LogP contribution in [0.2, 0.25) is 0 Å². The van der Waals surface area contributed by atoms with Crippen molar-refractivity contribution in [2.45, 2.75) is 39.3 Å². The average molecular weight is 273 g/mol. The van der Waals surface area contributed by atoms with Crippen molar-refractivity contribution in [3.05, 3.63) is 52.6 Å². The Bertz CT molecular complexity index is 606. The van der Waals surface area contributed by atoms with Gasteiger partial charge in [0.15, 0.2) is 0 Å². The summed E-state index contributed by atoms with van der Waals surface area (Å²) in [6.45, 7) is 5.00. The highest BCUT2D eigenvalue weighted by Gasteiger charge is 2.27. The number of H-pyrrole nitrogens is 1. The van der Waals surface area contributed by atoms with Crippen molar-refractivity contribution in [1.29, 1.82) is 0 Å². The molecule has 1 aromatic carbocycles. The first kappa shape index (κ1) is 13.3. The number of aryl methyl sites for hydroxylation is 1. The number of halogens is 1. The summed E-state index contributed by atoms with van der Waals surface area (Å²) in [6.07, 6.45) is 3.71. The van der Waals surface area contributed by atoms with Crippen molar-refractivity contribution in [1.82, 2.24) is 15.5 Å². The quantitative estimate of drug-likeness (QED) is 0.901. The molecule has 2 aromatic rings. The van der Waals surface area contributed by atoms with Crippen LogP contribution in [0.4, 0.5) is 4.39 Å². The fraction of sp³-hybridized carbons (Fsp3) is 0.438. The fourth-order valence-electron chi connectivity index (χ4n) is 3.06. The SMILES string of the molecule is Cc1[nH]ncc1CN[C@H]1c2cccc(F)c2CC[C@@H]1C. The Kier molecular flexibility index (Phi) is 3.57. The minimum absolute atomic E-state index is 0.0688. The molecule has 1 aliphatic carbocycles. The second-order valence-electron chi connectivity index (χ2n) is 5.70. The van der Waals surface area contributed by atoms with Gasteiger partial charge < -0.3 is 5.32 Å². The van der Waals surface area contributed by atoms with Gasteiger partial charge in [-0.1, -0.05) is 19.1 Å². The van der Waals surface area contributed by atoms with Crippen molar-refractivity contribution in [3.8, 4) is 0 Å². The maximum Gasteiger partial charge on any atom is 0.126 e. The van der Waals surface area contributed by atoms with Gasteiger partial charge in [-0.15, -0.1) is 0 Å². The molecule has 0 amide bonds. The summed E-state index contributed by atoms with van der Waals surface area (Å²) in [7, 11) is 0. The first-order chi connectivity index (χ1) is 9.66. The van der Waals surface area contributed by atoms with E-state index < -0.39 is 0 Å². The largest absolute Gasteiger partial charge is 0.305 e. The van der Waals surface area contributed by atoms with Gasteiger partial charge in [0.2, 0.25) is 0 Å². The third kappa shape index (κ3) is 2.36. The average Bonchev–Trinajstić information content (AvgIpc) is 2.83. The molecule has 0 aliphatic heterocycles. The third-order valence-corrected chi connectivity index (χ3v) is 4.36. The molecule has 0 bridgehead atoms. The molecule has 3 nitrogen and oxygen atoms in total. The Hall–Kier alpha value is -1.68. The lowest BCUT2D eigenvalue weighted by molar-refractivity contribution is 0.338. The van der Waals surface area contributed by atoms with E-state index in [1.165, 1.54) is 5.56 Å². The minimum Gasteiger partial charge on any atom is -0.305 e.